The molecule has 0 spiro atoms. The van der Waals surface area contributed by atoms with E-state index in [2.05, 4.69) is 32.9 Å². The lowest BCUT2D eigenvalue weighted by Crippen LogP contribution is -2.11. The zero-order valence-corrected chi connectivity index (χ0v) is 22.9. The summed E-state index contributed by atoms with van der Waals surface area (Å²) in [5.41, 5.74) is 6.50. The van der Waals surface area contributed by atoms with E-state index in [9.17, 15) is 19.8 Å². The Balaban J connectivity index is 1.64. The fraction of sp³-hybridized carbons (Fsp3) is 0.176. The molecule has 0 aliphatic heterocycles. The molecule has 202 valence electrons. The summed E-state index contributed by atoms with van der Waals surface area (Å²) in [6.45, 7) is 6.76. The van der Waals surface area contributed by atoms with Gasteiger partial charge in [0.15, 0.2) is 0 Å². The Kier molecular flexibility index (Phi) is 6.94. The predicted octanol–water partition coefficient (Wildman–Crippen LogP) is 7.73. The third kappa shape index (κ3) is 5.08. The summed E-state index contributed by atoms with van der Waals surface area (Å²) in [6.07, 6.45) is 0. The molecule has 2 N–H and O–H groups in total. The highest BCUT2D eigenvalue weighted by molar-refractivity contribution is 6.08. The van der Waals surface area contributed by atoms with Crippen molar-refractivity contribution in [3.8, 4) is 28.0 Å². The molecular weight excluding hydrogens is 502 g/mol. The Morgan fingerprint density at radius 2 is 1.43 bits per heavy atom. The highest BCUT2D eigenvalue weighted by Gasteiger charge is 2.24. The first kappa shape index (κ1) is 26.8. The Bertz CT molecular complexity index is 1720. The molecular formula is C34H31NO5. The van der Waals surface area contributed by atoms with Gasteiger partial charge in [-0.05, 0) is 69.6 Å². The number of fused-ring (bicyclic) bond motifs is 1. The third-order valence-corrected chi connectivity index (χ3v) is 7.22. The monoisotopic (exact) mass is 533 g/mol. The Labute approximate surface area is 233 Å². The summed E-state index contributed by atoms with van der Waals surface area (Å²) in [5.74, 6) is -1.36. The van der Waals surface area contributed by atoms with Gasteiger partial charge in [0.1, 0.15) is 11.4 Å². The summed E-state index contributed by atoms with van der Waals surface area (Å²) in [7, 11) is 1.59. The minimum absolute atomic E-state index is 0.0137. The van der Waals surface area contributed by atoms with Gasteiger partial charge in [-0.15, -0.1) is 0 Å². The summed E-state index contributed by atoms with van der Waals surface area (Å²) in [6, 6.07) is 28.3. The second kappa shape index (κ2) is 10.4. The molecule has 1 aromatic heterocycles. The number of carbonyl (C=O) groups is 2. The molecule has 0 fully saturated rings. The van der Waals surface area contributed by atoms with Gasteiger partial charge >= 0.3 is 11.9 Å². The van der Waals surface area contributed by atoms with E-state index >= 15 is 0 Å². The van der Waals surface area contributed by atoms with E-state index in [4.69, 9.17) is 4.74 Å². The molecule has 40 heavy (non-hydrogen) atoms. The van der Waals surface area contributed by atoms with Gasteiger partial charge in [0.2, 0.25) is 0 Å². The number of benzene rings is 4. The molecule has 0 aliphatic rings. The fourth-order valence-electron chi connectivity index (χ4n) is 5.14. The molecule has 0 saturated heterocycles. The summed E-state index contributed by atoms with van der Waals surface area (Å²) < 4.78 is 7.42. The average Bonchev–Trinajstić information content (AvgIpc) is 3.26. The van der Waals surface area contributed by atoms with E-state index in [0.717, 1.165) is 33.2 Å². The van der Waals surface area contributed by atoms with Gasteiger partial charge in [0, 0.05) is 23.0 Å². The maximum Gasteiger partial charge on any atom is 0.353 e. The molecule has 0 amide bonds. The molecule has 5 aromatic rings. The number of aromatic carboxylic acids is 2. The highest BCUT2D eigenvalue weighted by atomic mass is 16.5. The molecule has 0 bridgehead atoms. The summed E-state index contributed by atoms with van der Waals surface area (Å²) in [4.78, 5) is 24.1. The van der Waals surface area contributed by atoms with E-state index in [1.54, 1.807) is 31.4 Å². The van der Waals surface area contributed by atoms with Crippen molar-refractivity contribution in [3.63, 3.8) is 0 Å². The Hall–Kier alpha value is -4.84. The second-order valence-corrected chi connectivity index (χ2v) is 10.9. The number of carboxylic acid groups (broad SMARTS) is 2. The van der Waals surface area contributed by atoms with Crippen molar-refractivity contribution < 1.29 is 24.5 Å². The standard InChI is InChI=1S/C34H31NO5/c1-34(2,3)26-15-13-23(14-16-26)30-28-7-5-6-8-29(28)35(31(30)33(38)39)20-21-17-25(19-27(18-21)40-4)22-9-11-24(12-10-22)32(36)37/h5-19H,20H2,1-4H3,(H,36,37)(H,38,39). The topological polar surface area (TPSA) is 88.8 Å². The minimum Gasteiger partial charge on any atom is -0.497 e. The first-order valence-electron chi connectivity index (χ1n) is 13.0. The summed E-state index contributed by atoms with van der Waals surface area (Å²) >= 11 is 0. The van der Waals surface area contributed by atoms with E-state index in [1.807, 2.05) is 59.2 Å². The van der Waals surface area contributed by atoms with Crippen molar-refractivity contribution in [1.82, 2.24) is 4.57 Å². The van der Waals surface area contributed by atoms with Crippen molar-refractivity contribution in [3.05, 3.63) is 113 Å². The van der Waals surface area contributed by atoms with Crippen molar-refractivity contribution in [2.75, 3.05) is 7.11 Å². The number of hydrogen-bond acceptors (Lipinski definition) is 3. The van der Waals surface area contributed by atoms with Gasteiger partial charge in [0.05, 0.1) is 12.7 Å². The van der Waals surface area contributed by atoms with Gasteiger partial charge in [-0.25, -0.2) is 9.59 Å². The summed E-state index contributed by atoms with van der Waals surface area (Å²) in [5, 5.41) is 20.6. The van der Waals surface area contributed by atoms with Crippen LogP contribution in [-0.4, -0.2) is 33.8 Å². The fourth-order valence-corrected chi connectivity index (χ4v) is 5.14. The van der Waals surface area contributed by atoms with Gasteiger partial charge in [-0.3, -0.25) is 0 Å². The normalized spacial score (nSPS) is 11.5. The van der Waals surface area contributed by atoms with Crippen molar-refractivity contribution in [2.24, 2.45) is 0 Å². The number of rotatable bonds is 7. The quantitative estimate of drug-likeness (QED) is 0.224. The van der Waals surface area contributed by atoms with Crippen LogP contribution in [0.2, 0.25) is 0 Å². The number of methoxy groups -OCH3 is 1. The van der Waals surface area contributed by atoms with Crippen molar-refractivity contribution in [2.45, 2.75) is 32.7 Å². The minimum atomic E-state index is -1.00. The molecule has 0 saturated carbocycles. The van der Waals surface area contributed by atoms with Crippen LogP contribution in [0.5, 0.6) is 5.75 Å². The zero-order valence-electron chi connectivity index (χ0n) is 22.9. The number of nitrogens with zero attached hydrogens (tertiary/aromatic N) is 1. The second-order valence-electron chi connectivity index (χ2n) is 10.9. The maximum absolute atomic E-state index is 12.8. The molecule has 6 nitrogen and oxygen atoms in total. The largest absolute Gasteiger partial charge is 0.497 e. The predicted molar refractivity (Wildman–Crippen MR) is 158 cm³/mol. The molecule has 0 unspecified atom stereocenters. The first-order valence-corrected chi connectivity index (χ1v) is 13.0. The zero-order chi connectivity index (χ0) is 28.6. The van der Waals surface area contributed by atoms with E-state index < -0.39 is 11.9 Å². The van der Waals surface area contributed by atoms with Crippen LogP contribution in [0.4, 0.5) is 0 Å². The Morgan fingerprint density at radius 3 is 2.02 bits per heavy atom. The van der Waals surface area contributed by atoms with Crippen LogP contribution in [-0.2, 0) is 12.0 Å². The number of ether oxygens (including phenoxy) is 1. The van der Waals surface area contributed by atoms with Crippen LogP contribution < -0.4 is 4.74 Å². The molecule has 1 heterocycles. The third-order valence-electron chi connectivity index (χ3n) is 7.22. The SMILES string of the molecule is COc1cc(Cn2c(C(=O)O)c(-c3ccc(C(C)(C)C)cc3)c3ccccc32)cc(-c2ccc(C(=O)O)cc2)c1. The van der Waals surface area contributed by atoms with Gasteiger partial charge in [-0.1, -0.05) is 75.4 Å². The lowest BCUT2D eigenvalue weighted by Gasteiger charge is -2.19. The van der Waals surface area contributed by atoms with E-state index in [1.165, 1.54) is 5.56 Å². The molecule has 6 heteroatoms. The molecule has 0 radical (unpaired) electrons. The van der Waals surface area contributed by atoms with Crippen LogP contribution >= 0.6 is 0 Å². The highest BCUT2D eigenvalue weighted by Crippen LogP contribution is 2.37. The van der Waals surface area contributed by atoms with Crippen LogP contribution in [0, 0.1) is 0 Å². The van der Waals surface area contributed by atoms with Crippen molar-refractivity contribution in [1.29, 1.82) is 0 Å². The smallest absolute Gasteiger partial charge is 0.353 e. The molecule has 4 aromatic carbocycles. The maximum atomic E-state index is 12.8. The van der Waals surface area contributed by atoms with Crippen LogP contribution in [0.15, 0.2) is 91.0 Å². The Morgan fingerprint density at radius 1 is 0.775 bits per heavy atom. The van der Waals surface area contributed by atoms with E-state index in [-0.39, 0.29) is 16.7 Å². The lowest BCUT2D eigenvalue weighted by atomic mass is 9.86. The lowest BCUT2D eigenvalue weighted by molar-refractivity contribution is 0.0680. The molecule has 0 atom stereocenters. The average molecular weight is 534 g/mol. The van der Waals surface area contributed by atoms with Gasteiger partial charge in [0.25, 0.3) is 0 Å². The van der Waals surface area contributed by atoms with Crippen LogP contribution in [0.25, 0.3) is 33.2 Å². The van der Waals surface area contributed by atoms with Gasteiger partial charge in [-0.2, -0.15) is 0 Å². The molecule has 0 aliphatic carbocycles. The van der Waals surface area contributed by atoms with Crippen LogP contribution in [0.3, 0.4) is 0 Å². The first-order chi connectivity index (χ1) is 19.1. The molecule has 5 rings (SSSR count). The van der Waals surface area contributed by atoms with Crippen LogP contribution in [0.1, 0.15) is 52.7 Å². The number of para-hydroxylation sites is 1. The van der Waals surface area contributed by atoms with Crippen molar-refractivity contribution >= 4 is 22.8 Å². The number of aromatic nitrogens is 1. The van der Waals surface area contributed by atoms with E-state index in [0.29, 0.717) is 17.9 Å². The van der Waals surface area contributed by atoms with Gasteiger partial charge < -0.3 is 19.5 Å². The number of hydrogen-bond donors (Lipinski definition) is 2. The number of carboxylic acids is 2.